The van der Waals surface area contributed by atoms with Crippen LogP contribution in [0.4, 0.5) is 0 Å². The van der Waals surface area contributed by atoms with Crippen LogP contribution in [0.25, 0.3) is 0 Å². The van der Waals surface area contributed by atoms with Crippen LogP contribution in [-0.2, 0) is 42.7 Å². The lowest BCUT2D eigenvalue weighted by molar-refractivity contribution is -0.304. The average molecular weight is 869 g/mol. The Morgan fingerprint density at radius 2 is 1.44 bits per heavy atom. The molecule has 0 aliphatic carbocycles. The molecule has 4 heterocycles. The van der Waals surface area contributed by atoms with Crippen molar-refractivity contribution in [2.24, 2.45) is 35.5 Å². The maximum absolute atomic E-state index is 14.0. The third-order valence-corrected chi connectivity index (χ3v) is 13.5. The third kappa shape index (κ3) is 13.8. The highest BCUT2D eigenvalue weighted by molar-refractivity contribution is 5.91. The van der Waals surface area contributed by atoms with E-state index >= 15 is 0 Å². The number of likely N-dealkylation sites (N-methyl/N-ethyl adjacent to an activating group) is 1. The van der Waals surface area contributed by atoms with Crippen molar-refractivity contribution >= 4 is 11.8 Å². The van der Waals surface area contributed by atoms with Gasteiger partial charge in [0, 0.05) is 45.1 Å². The van der Waals surface area contributed by atoms with Crippen molar-refractivity contribution in [2.45, 2.75) is 167 Å². The number of allylic oxidation sites excluding steroid dienone is 3. The molecule has 15 heteroatoms. The van der Waals surface area contributed by atoms with Gasteiger partial charge in [-0.25, -0.2) is 0 Å². The van der Waals surface area contributed by atoms with Crippen LogP contribution in [0.1, 0.15) is 87.5 Å². The van der Waals surface area contributed by atoms with Gasteiger partial charge < -0.3 is 63.4 Å². The number of hydrogen-bond donors (Lipinski definition) is 4. The maximum Gasteiger partial charge on any atom is 0.308 e. The van der Waals surface area contributed by atoms with E-state index in [1.165, 1.54) is 20.6 Å². The van der Waals surface area contributed by atoms with Gasteiger partial charge in [-0.15, -0.1) is 0 Å². The van der Waals surface area contributed by atoms with Crippen molar-refractivity contribution in [1.82, 2.24) is 9.80 Å². The summed E-state index contributed by atoms with van der Waals surface area (Å²) in [6.45, 7) is 18.2. The number of likely N-dealkylation sites (tertiary alicyclic amines) is 1. The molecule has 0 bridgehead atoms. The normalized spacial score (nSPS) is 44.3. The molecule has 352 valence electrons. The first kappa shape index (κ1) is 51.8. The Hall–Kier alpha value is -1.86. The number of ether oxygens (including phenoxy) is 7. The van der Waals surface area contributed by atoms with E-state index < -0.39 is 103 Å². The molecular formula is C46H80N2O13. The summed E-state index contributed by atoms with van der Waals surface area (Å²) >= 11 is 0. The second kappa shape index (κ2) is 23.9. The summed E-state index contributed by atoms with van der Waals surface area (Å²) in [5.74, 6) is -1.46. The summed E-state index contributed by atoms with van der Waals surface area (Å²) in [6, 6.07) is -0.684. The molecule has 4 rings (SSSR count). The van der Waals surface area contributed by atoms with Gasteiger partial charge in [0.25, 0.3) is 0 Å². The fourth-order valence-corrected chi connectivity index (χ4v) is 10.0. The fourth-order valence-electron chi connectivity index (χ4n) is 10.0. The van der Waals surface area contributed by atoms with E-state index in [4.69, 9.17) is 33.2 Å². The predicted molar refractivity (Wildman–Crippen MR) is 229 cm³/mol. The van der Waals surface area contributed by atoms with E-state index in [1.807, 2.05) is 33.8 Å². The van der Waals surface area contributed by atoms with E-state index in [2.05, 4.69) is 18.7 Å². The molecule has 3 fully saturated rings. The smallest absolute Gasteiger partial charge is 0.308 e. The number of aliphatic hydroxyl groups is 4. The van der Waals surface area contributed by atoms with Gasteiger partial charge in [-0.3, -0.25) is 9.59 Å². The number of rotatable bonds is 12. The Balaban J connectivity index is 1.68. The molecule has 61 heavy (non-hydrogen) atoms. The SMILES string of the molecule is CC[C@@H]1OC(=O)C[C@H](O)[C@H](C)[C@H](O[C@@H]2O[C@H](C)[C@H](O)[C@H](N(C)C)[C@@H]2O)[C@H](CCN2C[C@H](C)C[C@H](C)C2)C[C@H](C)C(=O)/C=C/C(C)=C\[C@@H]1CO[C@@H]1O[C@H](C)[C@H](O)[C@@H](OC)[C@@H]1OC. The van der Waals surface area contributed by atoms with Gasteiger partial charge in [0.15, 0.2) is 18.4 Å². The molecule has 15 nitrogen and oxygen atoms in total. The van der Waals surface area contributed by atoms with Gasteiger partial charge in [0.1, 0.15) is 30.5 Å². The van der Waals surface area contributed by atoms with Gasteiger partial charge in [-0.2, -0.15) is 0 Å². The van der Waals surface area contributed by atoms with Crippen molar-refractivity contribution in [2.75, 3.05) is 54.6 Å². The quantitative estimate of drug-likeness (QED) is 0.209. The van der Waals surface area contributed by atoms with Gasteiger partial charge >= 0.3 is 5.97 Å². The average Bonchev–Trinajstić information content (AvgIpc) is 3.19. The van der Waals surface area contributed by atoms with Gasteiger partial charge in [-0.1, -0.05) is 52.3 Å². The zero-order valence-corrected chi connectivity index (χ0v) is 38.9. The van der Waals surface area contributed by atoms with Crippen LogP contribution in [0.3, 0.4) is 0 Å². The van der Waals surface area contributed by atoms with Crippen molar-refractivity contribution in [3.63, 3.8) is 0 Å². The molecule has 0 aromatic heterocycles. The maximum atomic E-state index is 14.0. The minimum absolute atomic E-state index is 0.0427. The first-order chi connectivity index (χ1) is 28.8. The number of ketones is 1. The van der Waals surface area contributed by atoms with E-state index in [0.717, 1.165) is 25.2 Å². The zero-order valence-electron chi connectivity index (χ0n) is 38.9. The number of hydrogen-bond acceptors (Lipinski definition) is 15. The first-order valence-corrected chi connectivity index (χ1v) is 22.6. The lowest BCUT2D eigenvalue weighted by Crippen LogP contribution is -2.63. The molecule has 0 aromatic carbocycles. The van der Waals surface area contributed by atoms with Crippen LogP contribution in [0.5, 0.6) is 0 Å². The lowest BCUT2D eigenvalue weighted by atomic mass is 9.79. The number of carbonyl (C=O) groups is 2. The van der Waals surface area contributed by atoms with Crippen LogP contribution < -0.4 is 0 Å². The topological polar surface area (TPSA) is 186 Å². The molecule has 19 atom stereocenters. The number of aliphatic hydroxyl groups excluding tert-OH is 4. The molecule has 0 saturated carbocycles. The van der Waals surface area contributed by atoms with Crippen molar-refractivity contribution in [3.8, 4) is 0 Å². The van der Waals surface area contributed by atoms with Crippen LogP contribution in [-0.4, -0.2) is 176 Å². The number of methoxy groups -OCH3 is 2. The molecule has 4 aliphatic rings. The van der Waals surface area contributed by atoms with Gasteiger partial charge in [-0.05, 0) is 90.9 Å². The Morgan fingerprint density at radius 1 is 0.820 bits per heavy atom. The van der Waals surface area contributed by atoms with Crippen molar-refractivity contribution < 1.29 is 63.2 Å². The summed E-state index contributed by atoms with van der Waals surface area (Å²) in [5, 5.41) is 45.3. The van der Waals surface area contributed by atoms with Gasteiger partial charge in [0.2, 0.25) is 0 Å². The highest BCUT2D eigenvalue weighted by Crippen LogP contribution is 2.36. The molecule has 0 amide bonds. The van der Waals surface area contributed by atoms with Crippen LogP contribution >= 0.6 is 0 Å². The van der Waals surface area contributed by atoms with E-state index in [-0.39, 0.29) is 24.7 Å². The summed E-state index contributed by atoms with van der Waals surface area (Å²) in [5.41, 5.74) is 0.761. The van der Waals surface area contributed by atoms with Crippen LogP contribution in [0.2, 0.25) is 0 Å². The van der Waals surface area contributed by atoms with E-state index in [9.17, 15) is 30.0 Å². The molecule has 0 unspecified atom stereocenters. The van der Waals surface area contributed by atoms with Crippen LogP contribution in [0.15, 0.2) is 23.8 Å². The van der Waals surface area contributed by atoms with Crippen molar-refractivity contribution in [1.29, 1.82) is 0 Å². The first-order valence-electron chi connectivity index (χ1n) is 22.6. The Kier molecular flexibility index (Phi) is 20.3. The highest BCUT2D eigenvalue weighted by Gasteiger charge is 2.48. The number of cyclic esters (lactones) is 1. The zero-order chi connectivity index (χ0) is 45.3. The molecule has 4 aliphatic heterocycles. The second-order valence-corrected chi connectivity index (χ2v) is 18.9. The largest absolute Gasteiger partial charge is 0.462 e. The Labute approximate surface area is 365 Å². The lowest BCUT2D eigenvalue weighted by Gasteiger charge is -2.47. The van der Waals surface area contributed by atoms with Gasteiger partial charge in [0.05, 0.1) is 49.6 Å². The summed E-state index contributed by atoms with van der Waals surface area (Å²) in [4.78, 5) is 32.1. The molecule has 0 spiro atoms. The Morgan fingerprint density at radius 3 is 2.05 bits per heavy atom. The second-order valence-electron chi connectivity index (χ2n) is 18.9. The Bertz CT molecular complexity index is 1420. The van der Waals surface area contributed by atoms with E-state index in [0.29, 0.717) is 31.1 Å². The molecular weight excluding hydrogens is 789 g/mol. The number of esters is 1. The minimum Gasteiger partial charge on any atom is -0.462 e. The van der Waals surface area contributed by atoms with Crippen molar-refractivity contribution in [3.05, 3.63) is 23.8 Å². The monoisotopic (exact) mass is 869 g/mol. The number of piperidine rings is 1. The highest BCUT2D eigenvalue weighted by atomic mass is 16.7. The standard InChI is InChI=1S/C46H80N2O13/c1-13-36-33(24-57-46-44(56-12)43(55-11)40(53)31(8)59-46)19-25(2)14-15-34(49)28(5)20-32(16-17-48-22-26(3)18-27(4)23-48)42(29(6)35(50)21-37(51)60-36)61-45-41(54)38(47(9)10)39(52)30(7)58-45/h14-15,19,26-33,35-36,38-46,50,52-54H,13,16-18,20-24H2,1-12H3/b15-14+,25-19-/t26-,27+,28-,29-,30+,31+,32+,33+,35-,36-,38-,39-,40-,41-,42-,43+,44-,45-,46+/m0/s1. The van der Waals surface area contributed by atoms with E-state index in [1.54, 1.807) is 45.0 Å². The third-order valence-electron chi connectivity index (χ3n) is 13.5. The molecule has 3 saturated heterocycles. The summed E-state index contributed by atoms with van der Waals surface area (Å²) in [6.07, 6.45) is -2.96. The summed E-state index contributed by atoms with van der Waals surface area (Å²) in [7, 11) is 6.54. The summed E-state index contributed by atoms with van der Waals surface area (Å²) < 4.78 is 42.6. The number of nitrogens with zero attached hydrogens (tertiary/aromatic N) is 2. The fraction of sp³-hybridized carbons (Fsp3) is 0.870. The van der Waals surface area contributed by atoms with Crippen LogP contribution in [0, 0.1) is 35.5 Å². The minimum atomic E-state index is -1.23. The molecule has 0 aromatic rings. The predicted octanol–water partition coefficient (Wildman–Crippen LogP) is 3.34. The molecule has 4 N–H and O–H groups in total. The number of carbonyl (C=O) groups excluding carboxylic acids is 2. The molecule has 0 radical (unpaired) electrons.